The summed E-state index contributed by atoms with van der Waals surface area (Å²) in [6, 6.07) is 7.22. The van der Waals surface area contributed by atoms with Crippen molar-refractivity contribution in [1.29, 1.82) is 0 Å². The van der Waals surface area contributed by atoms with Crippen molar-refractivity contribution in [2.45, 2.75) is 39.2 Å². The fourth-order valence-electron chi connectivity index (χ4n) is 3.59. The number of benzene rings is 2. The van der Waals surface area contributed by atoms with Gasteiger partial charge in [0.25, 0.3) is 11.8 Å². The zero-order chi connectivity index (χ0) is 24.4. The molecule has 1 amide bonds. The maximum absolute atomic E-state index is 15.1. The molecule has 180 valence electrons. The quantitative estimate of drug-likeness (QED) is 0.478. The molecule has 1 aliphatic heterocycles. The number of rotatable bonds is 7. The highest BCUT2D eigenvalue weighted by atomic mass is 19.2. The molecular formula is C23H22F3N3O5. The summed E-state index contributed by atoms with van der Waals surface area (Å²) < 4.78 is 64.5. The predicted molar refractivity (Wildman–Crippen MR) is 112 cm³/mol. The van der Waals surface area contributed by atoms with Crippen molar-refractivity contribution in [3.8, 4) is 23.0 Å². The average Bonchev–Trinajstić information content (AvgIpc) is 3.28. The van der Waals surface area contributed by atoms with E-state index in [2.05, 4.69) is 10.1 Å². The molecule has 2 aromatic carbocycles. The van der Waals surface area contributed by atoms with E-state index < -0.39 is 34.9 Å². The third-order valence-corrected chi connectivity index (χ3v) is 5.26. The number of carbonyl (C=O) groups excluding carboxylic acids is 1. The number of aromatic nitrogens is 2. The summed E-state index contributed by atoms with van der Waals surface area (Å²) in [7, 11) is 1.51. The van der Waals surface area contributed by atoms with Gasteiger partial charge in [0.15, 0.2) is 23.2 Å². The van der Waals surface area contributed by atoms with E-state index in [9.17, 15) is 13.6 Å². The van der Waals surface area contributed by atoms with Crippen LogP contribution in [0.2, 0.25) is 0 Å². The smallest absolute Gasteiger partial charge is 0.261 e. The molecule has 34 heavy (non-hydrogen) atoms. The van der Waals surface area contributed by atoms with Crippen molar-refractivity contribution in [3.05, 3.63) is 59.2 Å². The minimum absolute atomic E-state index is 0.00744. The molecule has 1 unspecified atom stereocenters. The molecule has 0 N–H and O–H groups in total. The standard InChI is InChI=1S/C23H22F3N3O5/c1-12-9-29(23(30)13(2)33-12)10-18-27-22(34-28-18)16-8-17(24)20(26)21(19(16)25)32-11-14-4-6-15(31-3)7-5-14/h4-8,12-13H,9-11H2,1-3H3/t12-,13?/m0/s1. The van der Waals surface area contributed by atoms with Gasteiger partial charge >= 0.3 is 0 Å². The van der Waals surface area contributed by atoms with Crippen LogP contribution >= 0.6 is 0 Å². The van der Waals surface area contributed by atoms with Crippen LogP contribution in [0.15, 0.2) is 34.9 Å². The molecule has 1 fully saturated rings. The summed E-state index contributed by atoms with van der Waals surface area (Å²) in [4.78, 5) is 17.8. The van der Waals surface area contributed by atoms with Crippen LogP contribution in [0.4, 0.5) is 13.2 Å². The van der Waals surface area contributed by atoms with Crippen LogP contribution in [0, 0.1) is 17.5 Å². The Bertz CT molecular complexity index is 1190. The normalized spacial score (nSPS) is 18.3. The maximum Gasteiger partial charge on any atom is 0.261 e. The van der Waals surface area contributed by atoms with E-state index in [1.54, 1.807) is 31.2 Å². The van der Waals surface area contributed by atoms with Gasteiger partial charge in [0.1, 0.15) is 18.5 Å². The molecule has 0 radical (unpaired) electrons. The van der Waals surface area contributed by atoms with Crippen LogP contribution in [0.5, 0.6) is 11.5 Å². The Labute approximate surface area is 193 Å². The monoisotopic (exact) mass is 477 g/mol. The largest absolute Gasteiger partial charge is 0.497 e. The molecule has 0 aliphatic carbocycles. The molecule has 3 aromatic rings. The molecule has 1 aromatic heterocycles. The van der Waals surface area contributed by atoms with E-state index in [0.717, 1.165) is 0 Å². The van der Waals surface area contributed by atoms with E-state index in [1.807, 2.05) is 6.92 Å². The van der Waals surface area contributed by atoms with Crippen molar-refractivity contribution in [3.63, 3.8) is 0 Å². The van der Waals surface area contributed by atoms with Gasteiger partial charge < -0.3 is 23.6 Å². The van der Waals surface area contributed by atoms with Gasteiger partial charge in [-0.2, -0.15) is 9.37 Å². The fourth-order valence-corrected chi connectivity index (χ4v) is 3.59. The van der Waals surface area contributed by atoms with E-state index in [1.165, 1.54) is 12.0 Å². The number of methoxy groups -OCH3 is 1. The second kappa shape index (κ2) is 9.72. The molecule has 1 saturated heterocycles. The van der Waals surface area contributed by atoms with Gasteiger partial charge in [-0.25, -0.2) is 8.78 Å². The number of nitrogens with zero attached hydrogens (tertiary/aromatic N) is 3. The summed E-state index contributed by atoms with van der Waals surface area (Å²) >= 11 is 0. The Balaban J connectivity index is 1.55. The Morgan fingerprint density at radius 1 is 1.15 bits per heavy atom. The Hall–Kier alpha value is -3.60. The first kappa shape index (κ1) is 23.6. The number of amides is 1. The van der Waals surface area contributed by atoms with E-state index in [-0.39, 0.29) is 36.9 Å². The third-order valence-electron chi connectivity index (χ3n) is 5.26. The van der Waals surface area contributed by atoms with Crippen molar-refractivity contribution in [2.75, 3.05) is 13.7 Å². The highest BCUT2D eigenvalue weighted by Crippen LogP contribution is 2.33. The molecule has 1 aliphatic rings. The zero-order valence-corrected chi connectivity index (χ0v) is 18.7. The average molecular weight is 477 g/mol. The van der Waals surface area contributed by atoms with Gasteiger partial charge in [-0.3, -0.25) is 4.79 Å². The SMILES string of the molecule is COc1ccc(COc2c(F)c(F)cc(-c3nc(CN4C[C@H](C)OC(C)C4=O)no3)c2F)cc1. The molecule has 0 saturated carbocycles. The number of hydrogen-bond acceptors (Lipinski definition) is 7. The lowest BCUT2D eigenvalue weighted by atomic mass is 10.1. The van der Waals surface area contributed by atoms with Gasteiger partial charge in [-0.15, -0.1) is 0 Å². The van der Waals surface area contributed by atoms with Crippen LogP contribution in [-0.2, 0) is 22.7 Å². The predicted octanol–water partition coefficient (Wildman–Crippen LogP) is 3.88. The summed E-state index contributed by atoms with van der Waals surface area (Å²) in [5, 5.41) is 3.75. The molecule has 8 nitrogen and oxygen atoms in total. The van der Waals surface area contributed by atoms with Gasteiger partial charge in [-0.1, -0.05) is 17.3 Å². The van der Waals surface area contributed by atoms with Crippen molar-refractivity contribution < 1.29 is 36.7 Å². The first-order chi connectivity index (χ1) is 16.3. The lowest BCUT2D eigenvalue weighted by molar-refractivity contribution is -0.159. The summed E-state index contributed by atoms with van der Waals surface area (Å²) in [6.07, 6.45) is -0.808. The number of morpholine rings is 1. The molecule has 2 atom stereocenters. The molecule has 11 heteroatoms. The molecule has 2 heterocycles. The molecule has 0 spiro atoms. The first-order valence-electron chi connectivity index (χ1n) is 10.5. The van der Waals surface area contributed by atoms with Crippen LogP contribution in [0.25, 0.3) is 11.5 Å². The number of carbonyl (C=O) groups is 1. The van der Waals surface area contributed by atoms with Crippen molar-refractivity contribution >= 4 is 5.91 Å². The maximum atomic E-state index is 15.1. The summed E-state index contributed by atoms with van der Waals surface area (Å²) in [6.45, 7) is 3.55. The number of halogens is 3. The van der Waals surface area contributed by atoms with Gasteiger partial charge in [-0.05, 0) is 37.6 Å². The lowest BCUT2D eigenvalue weighted by Crippen LogP contribution is -2.49. The highest BCUT2D eigenvalue weighted by molar-refractivity contribution is 5.81. The zero-order valence-electron chi connectivity index (χ0n) is 18.7. The van der Waals surface area contributed by atoms with E-state index >= 15 is 4.39 Å². The molecule has 4 rings (SSSR count). The Morgan fingerprint density at radius 2 is 1.88 bits per heavy atom. The van der Waals surface area contributed by atoms with Crippen LogP contribution in [0.1, 0.15) is 25.2 Å². The van der Waals surface area contributed by atoms with Crippen LogP contribution < -0.4 is 9.47 Å². The first-order valence-corrected chi connectivity index (χ1v) is 10.5. The second-order valence-corrected chi connectivity index (χ2v) is 7.82. The van der Waals surface area contributed by atoms with Gasteiger partial charge in [0, 0.05) is 6.54 Å². The topological polar surface area (TPSA) is 86.9 Å². The summed E-state index contributed by atoms with van der Waals surface area (Å²) in [5.74, 6) is -4.86. The minimum atomic E-state index is -1.48. The van der Waals surface area contributed by atoms with Gasteiger partial charge in [0.05, 0.1) is 25.3 Å². The number of ether oxygens (including phenoxy) is 3. The molecule has 0 bridgehead atoms. The lowest BCUT2D eigenvalue weighted by Gasteiger charge is -2.34. The summed E-state index contributed by atoms with van der Waals surface area (Å²) in [5.41, 5.74) is 0.126. The highest BCUT2D eigenvalue weighted by Gasteiger charge is 2.31. The number of hydrogen-bond donors (Lipinski definition) is 0. The van der Waals surface area contributed by atoms with E-state index in [0.29, 0.717) is 23.9 Å². The minimum Gasteiger partial charge on any atom is -0.497 e. The second-order valence-electron chi connectivity index (χ2n) is 7.82. The fraction of sp³-hybridized carbons (Fsp3) is 0.348. The van der Waals surface area contributed by atoms with Gasteiger partial charge in [0.2, 0.25) is 5.82 Å². The van der Waals surface area contributed by atoms with E-state index in [4.69, 9.17) is 18.7 Å². The Morgan fingerprint density at radius 3 is 2.59 bits per heavy atom. The van der Waals surface area contributed by atoms with Crippen molar-refractivity contribution in [1.82, 2.24) is 15.0 Å². The van der Waals surface area contributed by atoms with Crippen LogP contribution in [-0.4, -0.2) is 46.8 Å². The van der Waals surface area contributed by atoms with Crippen LogP contribution in [0.3, 0.4) is 0 Å². The van der Waals surface area contributed by atoms with Crippen molar-refractivity contribution in [2.24, 2.45) is 0 Å². The Kier molecular flexibility index (Phi) is 6.73. The third kappa shape index (κ3) is 4.84. The molecular weight excluding hydrogens is 455 g/mol.